The molecule has 1 aromatic carbocycles. The maximum Gasteiger partial charge on any atom is 0.144 e. The van der Waals surface area contributed by atoms with Gasteiger partial charge in [0.15, 0.2) is 0 Å². The van der Waals surface area contributed by atoms with E-state index in [1.807, 2.05) is 50.3 Å². The fraction of sp³-hybridized carbons (Fsp3) is 0.538. The highest BCUT2D eigenvalue weighted by Gasteiger charge is 2.48. The Bertz CT molecular complexity index is 1040. The maximum atomic E-state index is 10.7. The lowest BCUT2D eigenvalue weighted by Gasteiger charge is -2.38. The predicted molar refractivity (Wildman–Crippen MR) is 126 cm³/mol. The molecular formula is C26H33N3O5. The van der Waals surface area contributed by atoms with E-state index in [9.17, 15) is 20.6 Å². The molecule has 182 valence electrons. The number of para-hydroxylation sites is 1. The van der Waals surface area contributed by atoms with E-state index < -0.39 is 24.4 Å². The second-order valence-corrected chi connectivity index (χ2v) is 9.60. The first kappa shape index (κ1) is 24.6. The van der Waals surface area contributed by atoms with Gasteiger partial charge in [-0.05, 0) is 44.9 Å². The van der Waals surface area contributed by atoms with Crippen LogP contribution in [0.5, 0.6) is 0 Å². The number of aliphatic hydroxyl groups is 3. The Morgan fingerprint density at radius 3 is 2.65 bits per heavy atom. The smallest absolute Gasteiger partial charge is 0.144 e. The molecule has 8 heteroatoms. The number of nitrogens with zero attached hydrogens (tertiary/aromatic N) is 3. The number of rotatable bonds is 8. The van der Waals surface area contributed by atoms with Crippen molar-refractivity contribution in [3.05, 3.63) is 53.4 Å². The van der Waals surface area contributed by atoms with Gasteiger partial charge in [-0.15, -0.1) is 0 Å². The highest BCUT2D eigenvalue weighted by atomic mass is 16.6. The maximum absolute atomic E-state index is 10.7. The van der Waals surface area contributed by atoms with Crippen molar-refractivity contribution in [3.63, 3.8) is 0 Å². The van der Waals surface area contributed by atoms with Crippen molar-refractivity contribution in [3.8, 4) is 11.8 Å². The van der Waals surface area contributed by atoms with Crippen LogP contribution in [0, 0.1) is 23.2 Å². The summed E-state index contributed by atoms with van der Waals surface area (Å²) in [7, 11) is 0. The Hall–Kier alpha value is -2.54. The molecule has 0 saturated carbocycles. The zero-order chi connectivity index (χ0) is 24.4. The van der Waals surface area contributed by atoms with Crippen LogP contribution in [0.15, 0.2) is 42.0 Å². The molecule has 0 unspecified atom stereocenters. The fourth-order valence-electron chi connectivity index (χ4n) is 4.66. The lowest BCUT2D eigenvalue weighted by molar-refractivity contribution is -0.165. The molecule has 34 heavy (non-hydrogen) atoms. The first-order valence-corrected chi connectivity index (χ1v) is 11.8. The van der Waals surface area contributed by atoms with Crippen LogP contribution in [0.2, 0.25) is 0 Å². The van der Waals surface area contributed by atoms with Crippen molar-refractivity contribution < 1.29 is 24.8 Å². The van der Waals surface area contributed by atoms with Crippen LogP contribution in [0.25, 0.3) is 11.8 Å². The van der Waals surface area contributed by atoms with E-state index in [0.29, 0.717) is 30.8 Å². The second-order valence-electron chi connectivity index (χ2n) is 9.60. The fourth-order valence-corrected chi connectivity index (χ4v) is 4.66. The molecular weight excluding hydrogens is 434 g/mol. The summed E-state index contributed by atoms with van der Waals surface area (Å²) in [6.07, 6.45) is -0.0203. The Kier molecular flexibility index (Phi) is 7.51. The van der Waals surface area contributed by atoms with Crippen molar-refractivity contribution in [2.75, 3.05) is 6.61 Å². The van der Waals surface area contributed by atoms with E-state index in [1.54, 1.807) is 17.7 Å². The lowest BCUT2D eigenvalue weighted by atomic mass is 9.85. The van der Waals surface area contributed by atoms with Crippen LogP contribution >= 0.6 is 0 Å². The summed E-state index contributed by atoms with van der Waals surface area (Å²) in [5.41, 5.74) is 2.81. The average molecular weight is 468 g/mol. The Morgan fingerprint density at radius 2 is 1.97 bits per heavy atom. The monoisotopic (exact) mass is 467 g/mol. The highest BCUT2D eigenvalue weighted by molar-refractivity contribution is 5.52. The molecule has 0 radical (unpaired) electrons. The third kappa shape index (κ3) is 5.40. The molecule has 2 aromatic rings. The molecule has 0 bridgehead atoms. The summed E-state index contributed by atoms with van der Waals surface area (Å²) < 4.78 is 13.2. The van der Waals surface area contributed by atoms with Crippen molar-refractivity contribution >= 4 is 6.08 Å². The van der Waals surface area contributed by atoms with E-state index in [4.69, 9.17) is 9.47 Å². The number of nitriles is 1. The zero-order valence-corrected chi connectivity index (χ0v) is 19.8. The van der Waals surface area contributed by atoms with Gasteiger partial charge >= 0.3 is 0 Å². The van der Waals surface area contributed by atoms with E-state index >= 15 is 0 Å². The van der Waals surface area contributed by atoms with Crippen LogP contribution in [-0.2, 0) is 9.47 Å². The number of aromatic nitrogens is 2. The van der Waals surface area contributed by atoms with Gasteiger partial charge in [0.05, 0.1) is 48.5 Å². The van der Waals surface area contributed by atoms with Gasteiger partial charge < -0.3 is 24.8 Å². The van der Waals surface area contributed by atoms with Gasteiger partial charge in [-0.3, -0.25) is 0 Å². The lowest BCUT2D eigenvalue weighted by Crippen LogP contribution is -2.50. The molecule has 3 heterocycles. The van der Waals surface area contributed by atoms with E-state index in [1.165, 1.54) is 0 Å². The van der Waals surface area contributed by atoms with Gasteiger partial charge in [0.25, 0.3) is 0 Å². The van der Waals surface area contributed by atoms with Crippen molar-refractivity contribution in [1.29, 1.82) is 5.26 Å². The minimum Gasteiger partial charge on any atom is -0.393 e. The second kappa shape index (κ2) is 10.4. The Morgan fingerprint density at radius 1 is 1.24 bits per heavy atom. The minimum absolute atomic E-state index is 0.0127. The molecule has 2 aliphatic heterocycles. The molecule has 8 nitrogen and oxygen atoms in total. The molecule has 2 fully saturated rings. The van der Waals surface area contributed by atoms with Gasteiger partial charge in [-0.2, -0.15) is 10.4 Å². The van der Waals surface area contributed by atoms with Crippen LogP contribution in [0.1, 0.15) is 45.0 Å². The zero-order valence-electron chi connectivity index (χ0n) is 19.8. The summed E-state index contributed by atoms with van der Waals surface area (Å²) in [4.78, 5) is 0. The molecule has 2 aliphatic rings. The van der Waals surface area contributed by atoms with Crippen molar-refractivity contribution in [2.24, 2.45) is 11.8 Å². The van der Waals surface area contributed by atoms with Crippen LogP contribution in [0.3, 0.4) is 0 Å². The number of hydrogen-bond acceptors (Lipinski definition) is 7. The summed E-state index contributed by atoms with van der Waals surface area (Å²) in [5, 5.41) is 45.2. The van der Waals surface area contributed by atoms with Gasteiger partial charge in [0.2, 0.25) is 0 Å². The Balaban J connectivity index is 1.36. The molecule has 0 spiro atoms. The van der Waals surface area contributed by atoms with Gasteiger partial charge in [0, 0.05) is 17.9 Å². The van der Waals surface area contributed by atoms with Gasteiger partial charge in [-0.1, -0.05) is 30.7 Å². The van der Waals surface area contributed by atoms with E-state index in [2.05, 4.69) is 11.2 Å². The average Bonchev–Trinajstić information content (AvgIpc) is 3.47. The highest BCUT2D eigenvalue weighted by Crippen LogP contribution is 2.38. The summed E-state index contributed by atoms with van der Waals surface area (Å²) in [6.45, 7) is 5.96. The molecule has 3 N–H and O–H groups in total. The number of hydrogen-bond donors (Lipinski definition) is 3. The van der Waals surface area contributed by atoms with Crippen molar-refractivity contribution in [1.82, 2.24) is 9.78 Å². The third-order valence-electron chi connectivity index (χ3n) is 6.94. The van der Waals surface area contributed by atoms with Crippen LogP contribution in [-0.4, -0.2) is 68.3 Å². The largest absolute Gasteiger partial charge is 0.393 e. The summed E-state index contributed by atoms with van der Waals surface area (Å²) >= 11 is 0. The summed E-state index contributed by atoms with van der Waals surface area (Å²) in [5.74, 6) is -0.185. The SMILES string of the molecule is C/C(=C\c1cc(C#N)n(-c2ccccc2)n1)C[C@@H]1OC[C@H](C[C@@H]2O[C@H]2[C@@H](C)[C@H](C)O)[C@@H](O)[C@H]1O. The number of aliphatic hydroxyl groups excluding tert-OH is 3. The number of epoxide rings is 1. The normalized spacial score (nSPS) is 31.0. The quantitative estimate of drug-likeness (QED) is 0.510. The molecule has 0 amide bonds. The number of benzene rings is 1. The summed E-state index contributed by atoms with van der Waals surface area (Å²) in [6, 6.07) is 13.4. The molecule has 8 atom stereocenters. The standard InChI is InChI=1S/C26H33N3O5/c1-15(9-19-12-21(13-27)29(28-19)20-7-5-4-6-8-20)10-22-25(32)24(31)18(14-33-22)11-23-26(34-23)16(2)17(3)30/h4-9,12,16-18,22-26,30-32H,10-11,14H2,1-3H3/b15-9+/t16-,17-,18-,22-,23-,24+,25-,26-/m0/s1. The van der Waals surface area contributed by atoms with Crippen molar-refractivity contribution in [2.45, 2.75) is 70.2 Å². The molecule has 1 aromatic heterocycles. The number of ether oxygens (including phenoxy) is 2. The van der Waals surface area contributed by atoms with Crippen LogP contribution in [0.4, 0.5) is 0 Å². The predicted octanol–water partition coefficient (Wildman–Crippen LogP) is 2.45. The first-order valence-electron chi connectivity index (χ1n) is 11.8. The van der Waals surface area contributed by atoms with Gasteiger partial charge in [-0.25, -0.2) is 4.68 Å². The molecule has 2 saturated heterocycles. The first-order chi connectivity index (χ1) is 16.3. The van der Waals surface area contributed by atoms with E-state index in [0.717, 1.165) is 11.3 Å². The van der Waals surface area contributed by atoms with E-state index in [-0.39, 0.29) is 24.0 Å². The molecule has 4 rings (SSSR count). The van der Waals surface area contributed by atoms with Gasteiger partial charge in [0.1, 0.15) is 17.9 Å². The molecule has 0 aliphatic carbocycles. The minimum atomic E-state index is -1.01. The van der Waals surface area contributed by atoms with Crippen LogP contribution < -0.4 is 0 Å². The Labute approximate surface area is 200 Å². The topological polar surface area (TPSA) is 124 Å². The third-order valence-corrected chi connectivity index (χ3v) is 6.94.